The number of aromatic nitrogens is 7. The minimum atomic E-state index is -1.27. The number of nitrogen functional groups attached to an aromatic ring is 1. The number of nitrogens with zero attached hydrogens (tertiary/aromatic N) is 6. The molecule has 3 heterocycles. The van der Waals surface area contributed by atoms with Crippen LogP contribution in [0.15, 0.2) is 65.7 Å². The van der Waals surface area contributed by atoms with E-state index in [9.17, 15) is 58.5 Å². The number of ketones is 2. The molecular formula is C55H71IN12O12. The lowest BCUT2D eigenvalue weighted by Gasteiger charge is -2.14. The number of benzene rings is 2. The molecule has 0 radical (unpaired) electrons. The van der Waals surface area contributed by atoms with Gasteiger partial charge in [-0.1, -0.05) is 43.0 Å². The SMILES string of the molecule is Nc1nc2ncc(CNc3ccc(C(=O)NC(CCC(=O)CCCCCn4cc(CC[C@@H](CCCCNC(=O)CCC(=O)N[C@H](CCCCCC(=O)CCCc5ccc(I)cc5)C(=O)O)C(=O)O)nn4)C(=O)O)cc3)nc2c(=O)[nH]1. The summed E-state index contributed by atoms with van der Waals surface area (Å²) in [6.45, 7) is 1.03. The second kappa shape index (κ2) is 33.7. The lowest BCUT2D eigenvalue weighted by atomic mass is 9.96. The predicted octanol–water partition coefficient (Wildman–Crippen LogP) is 5.71. The second-order valence-corrected chi connectivity index (χ2v) is 20.9. The Morgan fingerprint density at radius 2 is 1.31 bits per heavy atom. The van der Waals surface area contributed by atoms with E-state index in [1.54, 1.807) is 23.0 Å². The van der Waals surface area contributed by atoms with Gasteiger partial charge in [-0.25, -0.2) is 19.6 Å². The van der Waals surface area contributed by atoms with Gasteiger partial charge in [-0.15, -0.1) is 5.10 Å². The van der Waals surface area contributed by atoms with E-state index < -0.39 is 53.3 Å². The Morgan fingerprint density at radius 1 is 0.650 bits per heavy atom. The van der Waals surface area contributed by atoms with Gasteiger partial charge >= 0.3 is 17.9 Å². The summed E-state index contributed by atoms with van der Waals surface area (Å²) in [4.78, 5) is 125. The molecule has 0 saturated carbocycles. The van der Waals surface area contributed by atoms with Crippen molar-refractivity contribution in [3.63, 3.8) is 0 Å². The number of unbranched alkanes of at least 4 members (excludes halogenated alkanes) is 5. The molecule has 25 heteroatoms. The molecular weight excluding hydrogens is 1150 g/mol. The van der Waals surface area contributed by atoms with Crippen LogP contribution < -0.4 is 32.6 Å². The highest BCUT2D eigenvalue weighted by Gasteiger charge is 2.23. The number of carboxylic acids is 3. The number of halogens is 1. The molecule has 3 amide bonds. The summed E-state index contributed by atoms with van der Waals surface area (Å²) < 4.78 is 2.83. The summed E-state index contributed by atoms with van der Waals surface area (Å²) in [6.07, 6.45) is 11.8. The first kappa shape index (κ1) is 63.1. The van der Waals surface area contributed by atoms with Gasteiger partial charge < -0.3 is 42.3 Å². The number of nitrogens with two attached hydrogens (primary N) is 1. The number of Topliss-reactive ketones (excluding diaryl/α,β-unsaturated/α-hetero) is 2. The number of H-pyrrole nitrogens is 1. The molecule has 0 aliphatic rings. The van der Waals surface area contributed by atoms with E-state index in [0.717, 1.165) is 16.4 Å². The number of carbonyl (C=O) groups excluding carboxylic acids is 5. The molecule has 0 saturated heterocycles. The number of carboxylic acid groups (broad SMARTS) is 3. The van der Waals surface area contributed by atoms with Crippen molar-refractivity contribution in [2.24, 2.45) is 5.92 Å². The summed E-state index contributed by atoms with van der Waals surface area (Å²) in [6, 6.07) is 12.1. The highest BCUT2D eigenvalue weighted by molar-refractivity contribution is 14.1. The van der Waals surface area contributed by atoms with Crippen molar-refractivity contribution in [2.45, 2.75) is 160 Å². The number of nitrogens with one attached hydrogen (secondary N) is 5. The predicted molar refractivity (Wildman–Crippen MR) is 303 cm³/mol. The molecule has 0 spiro atoms. The second-order valence-electron chi connectivity index (χ2n) is 19.6. The van der Waals surface area contributed by atoms with Crippen molar-refractivity contribution < 1.29 is 53.7 Å². The van der Waals surface area contributed by atoms with Crippen molar-refractivity contribution in [3.8, 4) is 0 Å². The normalized spacial score (nSPS) is 12.3. The molecule has 80 heavy (non-hydrogen) atoms. The van der Waals surface area contributed by atoms with E-state index in [0.29, 0.717) is 114 Å². The molecule has 0 fully saturated rings. The van der Waals surface area contributed by atoms with Gasteiger partial charge in [0.15, 0.2) is 11.2 Å². The molecule has 10 N–H and O–H groups in total. The van der Waals surface area contributed by atoms with Gasteiger partial charge in [0, 0.05) is 72.6 Å². The third-order valence-corrected chi connectivity index (χ3v) is 14.0. The maximum Gasteiger partial charge on any atom is 0.326 e. The topological polar surface area (TPSA) is 374 Å². The van der Waals surface area contributed by atoms with Crippen molar-refractivity contribution >= 4 is 92.6 Å². The third kappa shape index (κ3) is 23.3. The van der Waals surface area contributed by atoms with E-state index in [1.165, 1.54) is 23.9 Å². The van der Waals surface area contributed by atoms with Crippen LogP contribution in [0.3, 0.4) is 0 Å². The van der Waals surface area contributed by atoms with Crippen LogP contribution in [0, 0.1) is 9.49 Å². The van der Waals surface area contributed by atoms with E-state index in [2.05, 4.69) is 86.2 Å². The van der Waals surface area contributed by atoms with Crippen LogP contribution in [-0.2, 0) is 59.5 Å². The van der Waals surface area contributed by atoms with E-state index >= 15 is 0 Å². The first-order chi connectivity index (χ1) is 38.4. The first-order valence-electron chi connectivity index (χ1n) is 27.0. The number of aliphatic carboxylic acids is 3. The van der Waals surface area contributed by atoms with E-state index in [-0.39, 0.29) is 85.2 Å². The molecule has 5 rings (SSSR count). The quantitative estimate of drug-likeness (QED) is 0.0168. The van der Waals surface area contributed by atoms with Gasteiger partial charge in [0.1, 0.15) is 23.7 Å². The summed E-state index contributed by atoms with van der Waals surface area (Å²) >= 11 is 2.25. The van der Waals surface area contributed by atoms with E-state index in [1.807, 2.05) is 12.1 Å². The monoisotopic (exact) mass is 1220 g/mol. The van der Waals surface area contributed by atoms with Gasteiger partial charge in [0.2, 0.25) is 17.8 Å². The fourth-order valence-corrected chi connectivity index (χ4v) is 9.02. The lowest BCUT2D eigenvalue weighted by molar-refractivity contribution is -0.142. The maximum absolute atomic E-state index is 12.9. The standard InChI is InChI=1S/C55H71IN12O12/c56-38-21-16-35(17-22-38)10-9-14-42(69)12-3-1-5-15-44(53(77)78)62-47(72)29-28-46(71)58-30-7-6-11-37(52(75)76)20-25-40-34-68(67-66-40)31-8-2-4-13-43(70)26-27-45(54(79)80)63-50(73)36-18-23-39(24-19-36)59-32-41-33-60-49-48(61-41)51(74)65-55(57)64-49/h16-19,21-24,33-34,37,44-45,59H,1-15,20,25-32H2,(H,58,71)(H,62,72)(H,63,73)(H,75,76)(H,77,78)(H,79,80)(H3,57,60,64,65,74)/t37-,44-,45?/m1/s1. The van der Waals surface area contributed by atoms with Crippen molar-refractivity contribution in [2.75, 3.05) is 17.6 Å². The van der Waals surface area contributed by atoms with Crippen molar-refractivity contribution in [1.82, 2.24) is 50.9 Å². The minimum Gasteiger partial charge on any atom is -0.481 e. The molecule has 3 aromatic heterocycles. The molecule has 0 bridgehead atoms. The van der Waals surface area contributed by atoms with Gasteiger partial charge in [-0.2, -0.15) is 4.98 Å². The number of hydrogen-bond donors (Lipinski definition) is 9. The molecule has 2 aromatic carbocycles. The Morgan fingerprint density at radius 3 is 2.02 bits per heavy atom. The first-order valence-corrected chi connectivity index (χ1v) is 28.1. The summed E-state index contributed by atoms with van der Waals surface area (Å²) in [5.41, 5.74) is 8.32. The lowest BCUT2D eigenvalue weighted by Crippen LogP contribution is -2.41. The van der Waals surface area contributed by atoms with Gasteiger partial charge in [0.25, 0.3) is 11.5 Å². The number of carbonyl (C=O) groups is 8. The summed E-state index contributed by atoms with van der Waals surface area (Å²) in [7, 11) is 0. The maximum atomic E-state index is 12.9. The number of aromatic amines is 1. The van der Waals surface area contributed by atoms with E-state index in [4.69, 9.17) is 5.73 Å². The zero-order valence-electron chi connectivity index (χ0n) is 44.6. The number of aryl methyl sites for hydroxylation is 3. The number of rotatable bonds is 39. The van der Waals surface area contributed by atoms with Crippen LogP contribution in [0.25, 0.3) is 11.2 Å². The molecule has 3 atom stereocenters. The molecule has 0 aliphatic heterocycles. The highest BCUT2D eigenvalue weighted by atomic mass is 127. The Hall–Kier alpha value is -7.71. The fraction of sp³-hybridized carbons (Fsp3) is 0.491. The zero-order chi connectivity index (χ0) is 57.8. The molecule has 24 nitrogen and oxygen atoms in total. The molecule has 430 valence electrons. The fourth-order valence-electron chi connectivity index (χ4n) is 8.66. The largest absolute Gasteiger partial charge is 0.481 e. The van der Waals surface area contributed by atoms with Crippen LogP contribution in [0.5, 0.6) is 0 Å². The Kier molecular flexibility index (Phi) is 26.6. The average Bonchev–Trinajstić information content (AvgIpc) is 3.93. The minimum absolute atomic E-state index is 0.0282. The zero-order valence-corrected chi connectivity index (χ0v) is 46.8. The molecule has 1 unspecified atom stereocenters. The van der Waals surface area contributed by atoms with Crippen LogP contribution in [0.2, 0.25) is 0 Å². The van der Waals surface area contributed by atoms with Gasteiger partial charge in [0.05, 0.1) is 30.0 Å². The molecule has 5 aromatic rings. The van der Waals surface area contributed by atoms with Crippen LogP contribution in [0.4, 0.5) is 11.6 Å². The number of anilines is 2. The Labute approximate surface area is 475 Å². The number of fused-ring (bicyclic) bond motifs is 1. The number of amides is 3. The van der Waals surface area contributed by atoms with Gasteiger partial charge in [-0.05, 0) is 135 Å². The summed E-state index contributed by atoms with van der Waals surface area (Å²) in [5.74, 6) is -5.54. The Balaban J connectivity index is 0.866. The molecule has 0 aliphatic carbocycles. The van der Waals surface area contributed by atoms with Crippen molar-refractivity contribution in [3.05, 3.63) is 97.4 Å². The smallest absolute Gasteiger partial charge is 0.326 e. The highest BCUT2D eigenvalue weighted by Crippen LogP contribution is 2.18. The van der Waals surface area contributed by atoms with Gasteiger partial charge in [-0.3, -0.25) is 43.2 Å². The Bertz CT molecular complexity index is 2930. The summed E-state index contributed by atoms with van der Waals surface area (Å²) in [5, 5.41) is 48.4. The van der Waals surface area contributed by atoms with Crippen LogP contribution in [-0.4, -0.2) is 116 Å². The van der Waals surface area contributed by atoms with Crippen LogP contribution in [0.1, 0.15) is 149 Å². The number of hydrogen-bond acceptors (Lipinski definition) is 16. The van der Waals surface area contributed by atoms with Crippen molar-refractivity contribution in [1.29, 1.82) is 0 Å². The third-order valence-electron chi connectivity index (χ3n) is 13.2. The van der Waals surface area contributed by atoms with Crippen LogP contribution >= 0.6 is 22.6 Å². The average molecular weight is 1220 g/mol.